The summed E-state index contributed by atoms with van der Waals surface area (Å²) in [6.45, 7) is 2.20. The van der Waals surface area contributed by atoms with E-state index in [-0.39, 0.29) is 42.5 Å². The molecular weight excluding hydrogens is 429 g/mol. The second-order valence-corrected chi connectivity index (χ2v) is 7.53. The van der Waals surface area contributed by atoms with Gasteiger partial charge in [0.15, 0.2) is 11.6 Å². The molecular formula is C23H24FN5O4. The number of esters is 1. The molecule has 0 spiro atoms. The summed E-state index contributed by atoms with van der Waals surface area (Å²) in [6.07, 6.45) is 5.00. The number of hydrogen-bond donors (Lipinski definition) is 1. The molecule has 2 heterocycles. The Morgan fingerprint density at radius 2 is 2.09 bits per heavy atom. The minimum absolute atomic E-state index is 0.0933. The molecule has 1 fully saturated rings. The molecule has 9 nitrogen and oxygen atoms in total. The van der Waals surface area contributed by atoms with E-state index in [0.717, 1.165) is 18.5 Å². The Hall–Kier alpha value is -3.82. The fourth-order valence-electron chi connectivity index (χ4n) is 3.49. The minimum atomic E-state index is -0.491. The molecule has 1 aliphatic carbocycles. The maximum absolute atomic E-state index is 14.2. The largest absolute Gasteiger partial charge is 0.494 e. The van der Waals surface area contributed by atoms with E-state index < -0.39 is 5.82 Å². The summed E-state index contributed by atoms with van der Waals surface area (Å²) in [7, 11) is 1.41. The van der Waals surface area contributed by atoms with Crippen molar-refractivity contribution in [1.29, 1.82) is 0 Å². The molecule has 4 rings (SSSR count). The molecule has 0 bridgehead atoms. The summed E-state index contributed by atoms with van der Waals surface area (Å²) in [5, 5.41) is 7.11. The zero-order valence-electron chi connectivity index (χ0n) is 18.4. The molecule has 2 aromatic heterocycles. The molecule has 0 radical (unpaired) electrons. The Kier molecular flexibility index (Phi) is 6.62. The normalized spacial score (nSPS) is 12.9. The summed E-state index contributed by atoms with van der Waals surface area (Å²) in [5.74, 6) is -0.568. The number of carbonyl (C=O) groups is 2. The molecule has 0 atom stereocenters. The van der Waals surface area contributed by atoms with Gasteiger partial charge in [0, 0.05) is 24.2 Å². The fourth-order valence-corrected chi connectivity index (χ4v) is 3.49. The molecule has 1 saturated carbocycles. The number of carbonyl (C=O) groups excluding carboxylic acids is 2. The standard InChI is InChI=1S/C23H24FN5O4/c1-3-33-20(30)9-11-25-22(31)16-13-27-29(21(16)14-4-5-14)23-26-10-8-18(28-23)15-6-7-19(32-2)17(24)12-15/h6-8,10,12-14H,3-5,9,11H2,1-2H3,(H,25,31). The molecule has 1 aromatic carbocycles. The Balaban J connectivity index is 1.58. The molecule has 0 saturated heterocycles. The van der Waals surface area contributed by atoms with Gasteiger partial charge in [-0.15, -0.1) is 0 Å². The molecule has 10 heteroatoms. The smallest absolute Gasteiger partial charge is 0.307 e. The van der Waals surface area contributed by atoms with Gasteiger partial charge < -0.3 is 14.8 Å². The summed E-state index contributed by atoms with van der Waals surface area (Å²) >= 11 is 0. The van der Waals surface area contributed by atoms with E-state index in [2.05, 4.69) is 20.4 Å². The lowest BCUT2D eigenvalue weighted by molar-refractivity contribution is -0.142. The van der Waals surface area contributed by atoms with Gasteiger partial charge in [0.1, 0.15) is 0 Å². The van der Waals surface area contributed by atoms with Crippen LogP contribution in [0, 0.1) is 5.82 Å². The molecule has 1 aliphatic rings. The zero-order valence-corrected chi connectivity index (χ0v) is 18.4. The monoisotopic (exact) mass is 453 g/mol. The van der Waals surface area contributed by atoms with Crippen LogP contribution in [0.25, 0.3) is 17.2 Å². The first-order valence-electron chi connectivity index (χ1n) is 10.7. The van der Waals surface area contributed by atoms with Gasteiger partial charge >= 0.3 is 5.97 Å². The summed E-state index contributed by atoms with van der Waals surface area (Å²) in [5.41, 5.74) is 2.22. The van der Waals surface area contributed by atoms with Crippen molar-refractivity contribution in [3.05, 3.63) is 53.7 Å². The van der Waals surface area contributed by atoms with E-state index in [0.29, 0.717) is 23.4 Å². The van der Waals surface area contributed by atoms with Crippen LogP contribution in [0.1, 0.15) is 48.2 Å². The maximum atomic E-state index is 14.2. The van der Waals surface area contributed by atoms with Crippen molar-refractivity contribution >= 4 is 11.9 Å². The van der Waals surface area contributed by atoms with E-state index in [9.17, 15) is 14.0 Å². The molecule has 0 aliphatic heterocycles. The molecule has 3 aromatic rings. The van der Waals surface area contributed by atoms with Gasteiger partial charge in [-0.25, -0.2) is 19.0 Å². The minimum Gasteiger partial charge on any atom is -0.494 e. The third-order valence-electron chi connectivity index (χ3n) is 5.21. The molecule has 172 valence electrons. The van der Waals surface area contributed by atoms with Crippen LogP contribution in [0.4, 0.5) is 4.39 Å². The van der Waals surface area contributed by atoms with Crippen LogP contribution in [0.5, 0.6) is 5.75 Å². The van der Waals surface area contributed by atoms with Crippen molar-refractivity contribution in [3.8, 4) is 23.0 Å². The second-order valence-electron chi connectivity index (χ2n) is 7.53. The van der Waals surface area contributed by atoms with Crippen LogP contribution in [0.15, 0.2) is 36.7 Å². The van der Waals surface area contributed by atoms with Crippen molar-refractivity contribution in [3.63, 3.8) is 0 Å². The SMILES string of the molecule is CCOC(=O)CCNC(=O)c1cnn(-c2nccc(-c3ccc(OC)c(F)c3)n2)c1C1CC1. The first-order chi connectivity index (χ1) is 16.0. The fraction of sp³-hybridized carbons (Fsp3) is 0.348. The van der Waals surface area contributed by atoms with Crippen molar-refractivity contribution in [2.45, 2.75) is 32.1 Å². The first-order valence-corrected chi connectivity index (χ1v) is 10.7. The highest BCUT2D eigenvalue weighted by molar-refractivity contribution is 5.95. The van der Waals surface area contributed by atoms with Crippen LogP contribution in [-0.2, 0) is 9.53 Å². The van der Waals surface area contributed by atoms with Crippen LogP contribution in [0.3, 0.4) is 0 Å². The van der Waals surface area contributed by atoms with Gasteiger partial charge in [0.05, 0.1) is 43.3 Å². The molecule has 33 heavy (non-hydrogen) atoms. The van der Waals surface area contributed by atoms with E-state index in [4.69, 9.17) is 9.47 Å². The lowest BCUT2D eigenvalue weighted by Gasteiger charge is -2.10. The molecule has 1 amide bonds. The second kappa shape index (κ2) is 9.76. The highest BCUT2D eigenvalue weighted by atomic mass is 19.1. The Labute approximate surface area is 190 Å². The number of aromatic nitrogens is 4. The maximum Gasteiger partial charge on any atom is 0.307 e. The highest BCUT2D eigenvalue weighted by Crippen LogP contribution is 2.42. The van der Waals surface area contributed by atoms with Crippen LogP contribution in [0.2, 0.25) is 0 Å². The van der Waals surface area contributed by atoms with Gasteiger partial charge in [-0.1, -0.05) is 0 Å². The molecule has 0 unspecified atom stereocenters. The topological polar surface area (TPSA) is 108 Å². The van der Waals surface area contributed by atoms with E-state index in [1.807, 2.05) is 0 Å². The predicted octanol–water partition coefficient (Wildman–Crippen LogP) is 3.04. The Morgan fingerprint density at radius 1 is 1.27 bits per heavy atom. The van der Waals surface area contributed by atoms with E-state index in [1.54, 1.807) is 29.9 Å². The third-order valence-corrected chi connectivity index (χ3v) is 5.21. The number of halogens is 1. The van der Waals surface area contributed by atoms with E-state index >= 15 is 0 Å². The van der Waals surface area contributed by atoms with Crippen molar-refractivity contribution < 1.29 is 23.5 Å². The van der Waals surface area contributed by atoms with Crippen LogP contribution in [-0.4, -0.2) is 51.9 Å². The van der Waals surface area contributed by atoms with Crippen molar-refractivity contribution in [1.82, 2.24) is 25.1 Å². The number of rotatable bonds is 9. The third kappa shape index (κ3) is 5.00. The number of ether oxygens (including phenoxy) is 2. The Bertz CT molecular complexity index is 1180. The first kappa shape index (κ1) is 22.4. The summed E-state index contributed by atoms with van der Waals surface area (Å²) in [6, 6.07) is 6.27. The van der Waals surface area contributed by atoms with Crippen molar-refractivity contribution in [2.24, 2.45) is 0 Å². The zero-order chi connectivity index (χ0) is 23.4. The number of hydrogen-bond acceptors (Lipinski definition) is 7. The van der Waals surface area contributed by atoms with Gasteiger partial charge in [0.25, 0.3) is 11.9 Å². The predicted molar refractivity (Wildman–Crippen MR) is 117 cm³/mol. The molecule has 1 N–H and O–H groups in total. The van der Waals surface area contributed by atoms with Gasteiger partial charge in [-0.05, 0) is 44.0 Å². The lowest BCUT2D eigenvalue weighted by atomic mass is 10.1. The number of nitrogens with one attached hydrogen (secondary N) is 1. The quantitative estimate of drug-likeness (QED) is 0.496. The Morgan fingerprint density at radius 3 is 2.79 bits per heavy atom. The van der Waals surface area contributed by atoms with Gasteiger partial charge in [0.2, 0.25) is 0 Å². The van der Waals surface area contributed by atoms with Crippen LogP contribution < -0.4 is 10.1 Å². The summed E-state index contributed by atoms with van der Waals surface area (Å²) < 4.78 is 25.6. The van der Waals surface area contributed by atoms with Gasteiger partial charge in [-0.2, -0.15) is 5.10 Å². The number of nitrogens with zero attached hydrogens (tertiary/aromatic N) is 4. The number of methoxy groups -OCH3 is 1. The highest BCUT2D eigenvalue weighted by Gasteiger charge is 2.33. The number of benzene rings is 1. The van der Waals surface area contributed by atoms with Crippen molar-refractivity contribution in [2.75, 3.05) is 20.3 Å². The van der Waals surface area contributed by atoms with E-state index in [1.165, 1.54) is 25.4 Å². The van der Waals surface area contributed by atoms with Crippen LogP contribution >= 0.6 is 0 Å². The number of amides is 1. The average molecular weight is 453 g/mol. The average Bonchev–Trinajstić information content (AvgIpc) is 3.56. The van der Waals surface area contributed by atoms with Gasteiger partial charge in [-0.3, -0.25) is 9.59 Å². The lowest BCUT2D eigenvalue weighted by Crippen LogP contribution is -2.27. The summed E-state index contributed by atoms with van der Waals surface area (Å²) in [4.78, 5) is 33.1.